The van der Waals surface area contributed by atoms with Crippen molar-refractivity contribution in [3.8, 4) is 0 Å². The first-order chi connectivity index (χ1) is 16.2. The Bertz CT molecular complexity index is 939. The van der Waals surface area contributed by atoms with Crippen molar-refractivity contribution < 1.29 is 32.6 Å². The summed E-state index contributed by atoms with van der Waals surface area (Å²) in [5.74, 6) is 0.237. The molecular weight excluding hydrogens is 470 g/mol. The summed E-state index contributed by atoms with van der Waals surface area (Å²) >= 11 is 0. The zero-order valence-corrected chi connectivity index (χ0v) is 19.5. The fourth-order valence-electron chi connectivity index (χ4n) is 2.79. The molecule has 1 aliphatic heterocycles. The van der Waals surface area contributed by atoms with Gasteiger partial charge >= 0.3 is 22.2 Å². The molecule has 34 heavy (non-hydrogen) atoms. The van der Waals surface area contributed by atoms with Crippen LogP contribution in [0.15, 0.2) is 13.2 Å². The van der Waals surface area contributed by atoms with Crippen LogP contribution < -0.4 is 14.9 Å². The van der Waals surface area contributed by atoms with Crippen LogP contribution in [0.4, 0.5) is 10.7 Å². The number of nitrogens with one attached hydrogen (secondary N) is 2. The summed E-state index contributed by atoms with van der Waals surface area (Å²) in [4.78, 5) is 36.8. The molecule has 0 radical (unpaired) electrons. The lowest BCUT2D eigenvalue weighted by Crippen LogP contribution is -2.54. The Morgan fingerprint density at radius 1 is 0.971 bits per heavy atom. The van der Waals surface area contributed by atoms with Crippen molar-refractivity contribution in [2.75, 3.05) is 64.1 Å². The van der Waals surface area contributed by atoms with Crippen LogP contribution in [0.2, 0.25) is 0 Å². The first-order valence-corrected chi connectivity index (χ1v) is 11.9. The number of hydrogen-bond donors (Lipinski definition) is 3. The van der Waals surface area contributed by atoms with Crippen LogP contribution in [-0.4, -0.2) is 104 Å². The smallest absolute Gasteiger partial charge is 0.329 e. The van der Waals surface area contributed by atoms with Crippen molar-refractivity contribution >= 4 is 40.3 Å². The third kappa shape index (κ3) is 9.01. The molecule has 3 N–H and O–H groups in total. The molecule has 0 aromatic carbocycles. The summed E-state index contributed by atoms with van der Waals surface area (Å²) in [6, 6.07) is -0.868. The number of carbonyl (C=O) groups is 2. The first kappa shape index (κ1) is 27.1. The summed E-state index contributed by atoms with van der Waals surface area (Å²) in [6.07, 6.45) is 2.89. The molecule has 1 saturated heterocycles. The third-order valence-corrected chi connectivity index (χ3v) is 5.96. The summed E-state index contributed by atoms with van der Waals surface area (Å²) in [6.45, 7) is 8.94. The van der Waals surface area contributed by atoms with E-state index in [1.165, 1.54) is 12.2 Å². The highest BCUT2D eigenvalue weighted by Crippen LogP contribution is 2.14. The Morgan fingerprint density at radius 3 is 2.12 bits per heavy atom. The van der Waals surface area contributed by atoms with E-state index in [1.54, 1.807) is 0 Å². The molecule has 1 fully saturated rings. The van der Waals surface area contributed by atoms with Crippen LogP contribution in [0, 0.1) is 0 Å². The van der Waals surface area contributed by atoms with Gasteiger partial charge in [-0.25, -0.2) is 14.5 Å². The number of urea groups is 1. The van der Waals surface area contributed by atoms with Crippen molar-refractivity contribution in [3.05, 3.63) is 24.8 Å². The molecule has 2 heterocycles. The Kier molecular flexibility index (Phi) is 10.8. The van der Waals surface area contributed by atoms with Crippen molar-refractivity contribution in [2.45, 2.75) is 6.42 Å². The van der Waals surface area contributed by atoms with E-state index in [-0.39, 0.29) is 52.5 Å². The second-order valence-corrected chi connectivity index (χ2v) is 8.55. The number of hydrogen-bond acceptors (Lipinski definition) is 10. The van der Waals surface area contributed by atoms with Gasteiger partial charge in [-0.3, -0.25) is 4.79 Å². The molecule has 0 bridgehead atoms. The number of carbonyl (C=O) groups excluding carboxylic acids is 1. The summed E-state index contributed by atoms with van der Waals surface area (Å²) in [5.41, 5.74) is 0. The number of ether oxygens (including phenoxy) is 2. The molecule has 14 nitrogen and oxygen atoms in total. The lowest BCUT2D eigenvalue weighted by Gasteiger charge is -2.33. The van der Waals surface area contributed by atoms with Crippen LogP contribution in [0.3, 0.4) is 0 Å². The van der Waals surface area contributed by atoms with Gasteiger partial charge in [-0.1, -0.05) is 13.2 Å². The maximum Gasteiger partial charge on any atom is 0.329 e. The quantitative estimate of drug-likeness (QED) is 0.277. The van der Waals surface area contributed by atoms with E-state index in [2.05, 4.69) is 33.4 Å². The van der Waals surface area contributed by atoms with Gasteiger partial charge in [0, 0.05) is 32.7 Å². The van der Waals surface area contributed by atoms with E-state index in [1.807, 2.05) is 9.62 Å². The molecule has 0 spiro atoms. The zero-order chi connectivity index (χ0) is 25.0. The number of aliphatic carboxylic acids is 1. The molecule has 0 unspecified atom stereocenters. The number of carboxylic acids is 1. The minimum atomic E-state index is -4.03. The van der Waals surface area contributed by atoms with Crippen LogP contribution in [0.1, 0.15) is 18.1 Å². The highest BCUT2D eigenvalue weighted by atomic mass is 32.2. The second-order valence-electron chi connectivity index (χ2n) is 6.88. The molecule has 1 aromatic rings. The normalized spacial score (nSPS) is 14.4. The van der Waals surface area contributed by atoms with Crippen LogP contribution >= 0.6 is 0 Å². The molecule has 188 valence electrons. The van der Waals surface area contributed by atoms with E-state index < -0.39 is 22.2 Å². The van der Waals surface area contributed by atoms with E-state index >= 15 is 0 Å². The molecule has 15 heteroatoms. The Hall–Kier alpha value is -3.14. The SMILES string of the molecule is C=Cc1nc(C=C)nc(N2CCN(S(=O)(=O)NC(=O)NCCOCCOCCC(=O)O)CC2)n1. The summed E-state index contributed by atoms with van der Waals surface area (Å²) in [5, 5.41) is 10.9. The fraction of sp³-hybridized carbons (Fsp3) is 0.526. The molecule has 2 amide bonds. The van der Waals surface area contributed by atoms with Crippen molar-refractivity contribution in [1.82, 2.24) is 29.3 Å². The van der Waals surface area contributed by atoms with Gasteiger partial charge in [-0.2, -0.15) is 22.7 Å². The largest absolute Gasteiger partial charge is 0.481 e. The third-order valence-electron chi connectivity index (χ3n) is 4.47. The maximum atomic E-state index is 12.5. The van der Waals surface area contributed by atoms with Crippen molar-refractivity contribution in [1.29, 1.82) is 0 Å². The predicted molar refractivity (Wildman–Crippen MR) is 123 cm³/mol. The number of amides is 2. The zero-order valence-electron chi connectivity index (χ0n) is 18.7. The molecule has 0 atom stereocenters. The topological polar surface area (TPSA) is 176 Å². The molecule has 1 aliphatic rings. The standard InChI is InChI=1S/C19H29N7O7S/c1-3-15-21-16(4-2)23-18(22-15)25-7-9-26(10-8-25)34(30,31)24-19(29)20-6-12-33-14-13-32-11-5-17(27)28/h3-4H,1-2,5-14H2,(H,27,28)(H2,20,24,29). The number of anilines is 1. The van der Waals surface area contributed by atoms with Gasteiger partial charge in [-0.15, -0.1) is 0 Å². The average molecular weight is 500 g/mol. The van der Waals surface area contributed by atoms with Gasteiger partial charge < -0.3 is 24.8 Å². The maximum absolute atomic E-state index is 12.5. The Morgan fingerprint density at radius 2 is 1.56 bits per heavy atom. The van der Waals surface area contributed by atoms with Gasteiger partial charge in [-0.05, 0) is 12.2 Å². The fourth-order valence-corrected chi connectivity index (χ4v) is 3.87. The second kappa shape index (κ2) is 13.5. The molecule has 0 saturated carbocycles. The van der Waals surface area contributed by atoms with Gasteiger partial charge in [0.2, 0.25) is 5.95 Å². The lowest BCUT2D eigenvalue weighted by molar-refractivity contribution is -0.138. The van der Waals surface area contributed by atoms with E-state index in [9.17, 15) is 18.0 Å². The highest BCUT2D eigenvalue weighted by Gasteiger charge is 2.29. The summed E-state index contributed by atoms with van der Waals surface area (Å²) < 4.78 is 38.4. The first-order valence-electron chi connectivity index (χ1n) is 10.4. The molecule has 0 aliphatic carbocycles. The molecule has 1 aromatic heterocycles. The van der Waals surface area contributed by atoms with Gasteiger partial charge in [0.05, 0.1) is 32.8 Å². The van der Waals surface area contributed by atoms with E-state index in [4.69, 9.17) is 14.6 Å². The van der Waals surface area contributed by atoms with E-state index in [0.717, 1.165) is 4.31 Å². The minimum absolute atomic E-state index is 0.0842. The number of nitrogens with zero attached hydrogens (tertiary/aromatic N) is 5. The van der Waals surface area contributed by atoms with Crippen molar-refractivity contribution in [2.24, 2.45) is 0 Å². The number of carboxylic acid groups (broad SMARTS) is 1. The number of rotatable bonds is 14. The Balaban J connectivity index is 1.70. The van der Waals surface area contributed by atoms with Crippen LogP contribution in [0.5, 0.6) is 0 Å². The number of aromatic nitrogens is 3. The average Bonchev–Trinajstić information content (AvgIpc) is 2.82. The lowest BCUT2D eigenvalue weighted by atomic mass is 10.4. The van der Waals surface area contributed by atoms with Crippen LogP contribution in [0.25, 0.3) is 12.2 Å². The minimum Gasteiger partial charge on any atom is -0.481 e. The van der Waals surface area contributed by atoms with Crippen LogP contribution in [-0.2, 0) is 24.5 Å². The highest BCUT2D eigenvalue weighted by molar-refractivity contribution is 7.87. The Labute approximate surface area is 197 Å². The monoisotopic (exact) mass is 499 g/mol. The molecular formula is C19H29N7O7S. The van der Waals surface area contributed by atoms with Gasteiger partial charge in [0.15, 0.2) is 11.6 Å². The molecule has 2 rings (SSSR count). The number of piperazine rings is 1. The summed E-state index contributed by atoms with van der Waals surface area (Å²) in [7, 11) is -4.03. The van der Waals surface area contributed by atoms with Gasteiger partial charge in [0.25, 0.3) is 0 Å². The van der Waals surface area contributed by atoms with Gasteiger partial charge in [0.1, 0.15) is 0 Å². The van der Waals surface area contributed by atoms with E-state index in [0.29, 0.717) is 30.7 Å². The predicted octanol–water partition coefficient (Wildman–Crippen LogP) is -0.668. The van der Waals surface area contributed by atoms with Crippen molar-refractivity contribution in [3.63, 3.8) is 0 Å².